The third-order valence-electron chi connectivity index (χ3n) is 5.79. The van der Waals surface area contributed by atoms with E-state index in [1.807, 2.05) is 26.0 Å². The summed E-state index contributed by atoms with van der Waals surface area (Å²) < 4.78 is 37.8. The van der Waals surface area contributed by atoms with Crippen LogP contribution in [0.25, 0.3) is 11.0 Å². The van der Waals surface area contributed by atoms with E-state index in [2.05, 4.69) is 15.0 Å². The third-order valence-corrected chi connectivity index (χ3v) is 6.38. The molecule has 0 bridgehead atoms. The highest BCUT2D eigenvalue weighted by molar-refractivity contribution is 6.33. The molecule has 0 saturated carbocycles. The number of hydrogen-bond donors (Lipinski definition) is 1. The fraction of sp³-hybridized carbons (Fsp3) is 0.455. The number of H-pyrrole nitrogens is 1. The number of fused-ring (bicyclic) bond motifs is 3. The molecule has 0 spiro atoms. The lowest BCUT2D eigenvalue weighted by Gasteiger charge is -2.33. The van der Waals surface area contributed by atoms with Gasteiger partial charge in [0.2, 0.25) is 0 Å². The van der Waals surface area contributed by atoms with E-state index in [0.717, 1.165) is 16.6 Å². The molecule has 170 valence electrons. The van der Waals surface area contributed by atoms with Crippen LogP contribution in [-0.2, 0) is 25.4 Å². The molecule has 3 aromatic rings. The predicted molar refractivity (Wildman–Crippen MR) is 116 cm³/mol. The maximum Gasteiger partial charge on any atom is 0.164 e. The number of benzene rings is 1. The highest BCUT2D eigenvalue weighted by Gasteiger charge is 2.53. The Morgan fingerprint density at radius 3 is 2.75 bits per heavy atom. The lowest BCUT2D eigenvalue weighted by molar-refractivity contribution is -0.189. The van der Waals surface area contributed by atoms with Crippen LogP contribution in [-0.4, -0.2) is 52.3 Å². The van der Waals surface area contributed by atoms with E-state index in [4.69, 9.17) is 42.1 Å². The van der Waals surface area contributed by atoms with Gasteiger partial charge in [-0.2, -0.15) is 0 Å². The number of hydrogen-bond acceptors (Lipinski definition) is 6. The molecule has 1 aromatic carbocycles. The number of nitrogens with one attached hydrogen (secondary N) is 1. The molecule has 10 heteroatoms. The number of rotatable bonds is 1. The molecule has 7 nitrogen and oxygen atoms in total. The topological polar surface area (TPSA) is 78.5 Å². The van der Waals surface area contributed by atoms with E-state index < -0.39 is 5.79 Å². The average Bonchev–Trinajstić information content (AvgIpc) is 3.45. The van der Waals surface area contributed by atoms with E-state index in [1.165, 1.54) is 6.33 Å². The van der Waals surface area contributed by atoms with Gasteiger partial charge in [-0.25, -0.2) is 14.4 Å². The van der Waals surface area contributed by atoms with Gasteiger partial charge < -0.3 is 23.9 Å². The third kappa shape index (κ3) is 4.00. The highest BCUT2D eigenvalue weighted by atomic mass is 35.5. The van der Waals surface area contributed by atoms with Gasteiger partial charge in [-0.1, -0.05) is 29.3 Å². The first-order chi connectivity index (χ1) is 15.3. The SMILES string of the molecule is CC1(C)OC2COC(C3OCCc4c3ccc(Cl)c4F)C2O1.Clc1ncnc2[nH]ccc12. The quantitative estimate of drug-likeness (QED) is 0.510. The summed E-state index contributed by atoms with van der Waals surface area (Å²) in [4.78, 5) is 10.7. The lowest BCUT2D eigenvalue weighted by Crippen LogP contribution is -2.37. The van der Waals surface area contributed by atoms with Gasteiger partial charge in [0.05, 0.1) is 23.6 Å². The van der Waals surface area contributed by atoms with Crippen LogP contribution in [0.5, 0.6) is 0 Å². The minimum Gasteiger partial charge on any atom is -0.370 e. The summed E-state index contributed by atoms with van der Waals surface area (Å²) in [6, 6.07) is 5.24. The van der Waals surface area contributed by atoms with Gasteiger partial charge in [-0.05, 0) is 43.5 Å². The number of aromatic amines is 1. The molecule has 32 heavy (non-hydrogen) atoms. The van der Waals surface area contributed by atoms with Crippen LogP contribution in [0, 0.1) is 5.82 Å². The van der Waals surface area contributed by atoms with Gasteiger partial charge in [0, 0.05) is 6.20 Å². The van der Waals surface area contributed by atoms with E-state index in [1.54, 1.807) is 12.3 Å². The second-order valence-electron chi connectivity index (χ2n) is 8.31. The Hall–Kier alpha value is -1.81. The second kappa shape index (κ2) is 8.52. The summed E-state index contributed by atoms with van der Waals surface area (Å²) in [5, 5.41) is 1.50. The summed E-state index contributed by atoms with van der Waals surface area (Å²) in [5.41, 5.74) is 2.20. The monoisotopic (exact) mass is 481 g/mol. The van der Waals surface area contributed by atoms with Crippen LogP contribution >= 0.6 is 23.2 Å². The molecule has 4 unspecified atom stereocenters. The Balaban J connectivity index is 0.000000180. The smallest absolute Gasteiger partial charge is 0.164 e. The summed E-state index contributed by atoms with van der Waals surface area (Å²) in [6.45, 7) is 4.68. The van der Waals surface area contributed by atoms with Crippen molar-refractivity contribution in [3.8, 4) is 0 Å². The molecule has 6 rings (SSSR count). The van der Waals surface area contributed by atoms with E-state index in [0.29, 0.717) is 30.4 Å². The molecular weight excluding hydrogens is 460 g/mol. The molecule has 4 atom stereocenters. The highest BCUT2D eigenvalue weighted by Crippen LogP contribution is 2.43. The van der Waals surface area contributed by atoms with Gasteiger partial charge in [0.25, 0.3) is 0 Å². The molecule has 2 aromatic heterocycles. The fourth-order valence-corrected chi connectivity index (χ4v) is 4.82. The van der Waals surface area contributed by atoms with E-state index >= 15 is 0 Å². The lowest BCUT2D eigenvalue weighted by atomic mass is 9.91. The minimum atomic E-state index is -0.625. The van der Waals surface area contributed by atoms with Crippen LogP contribution in [0.1, 0.15) is 31.1 Å². The van der Waals surface area contributed by atoms with Crippen molar-refractivity contribution in [2.45, 2.75) is 50.5 Å². The van der Waals surface area contributed by atoms with Crippen molar-refractivity contribution in [2.24, 2.45) is 0 Å². The van der Waals surface area contributed by atoms with Crippen LogP contribution in [0.2, 0.25) is 10.2 Å². The fourth-order valence-electron chi connectivity index (χ4n) is 4.45. The Labute approximate surface area is 194 Å². The Bertz CT molecular complexity index is 1140. The molecule has 0 radical (unpaired) electrons. The molecule has 0 amide bonds. The van der Waals surface area contributed by atoms with Crippen molar-refractivity contribution in [3.63, 3.8) is 0 Å². The first kappa shape index (κ1) is 22.0. The van der Waals surface area contributed by atoms with Crippen molar-refractivity contribution >= 4 is 34.2 Å². The van der Waals surface area contributed by atoms with E-state index in [-0.39, 0.29) is 35.3 Å². The zero-order valence-corrected chi connectivity index (χ0v) is 19.0. The average molecular weight is 482 g/mol. The van der Waals surface area contributed by atoms with Gasteiger partial charge in [0.15, 0.2) is 5.79 Å². The zero-order valence-electron chi connectivity index (χ0n) is 17.5. The molecule has 0 aliphatic carbocycles. The van der Waals surface area contributed by atoms with Gasteiger partial charge in [-0.3, -0.25) is 0 Å². The van der Waals surface area contributed by atoms with Crippen LogP contribution < -0.4 is 0 Å². The molecular formula is C22H22Cl2FN3O4. The standard InChI is InChI=1S/C16H18ClFO4.C6H4ClN3/c1-16(2)21-11-7-20-15(14(11)22-16)13-9-3-4-10(17)12(18)8(9)5-6-19-13;7-5-4-1-2-8-6(4)10-3-9-5/h3-4,11,13-15H,5-7H2,1-2H3;1-3H,(H,8,9,10). The summed E-state index contributed by atoms with van der Waals surface area (Å²) in [5.74, 6) is -0.981. The van der Waals surface area contributed by atoms with Crippen LogP contribution in [0.3, 0.4) is 0 Å². The number of nitrogens with zero attached hydrogens (tertiary/aromatic N) is 2. The minimum absolute atomic E-state index is 0.105. The first-order valence-corrected chi connectivity index (χ1v) is 11.1. The summed E-state index contributed by atoms with van der Waals surface area (Å²) >= 11 is 11.6. The maximum absolute atomic E-state index is 14.3. The number of aromatic nitrogens is 3. The Kier molecular flexibility index (Phi) is 5.86. The van der Waals surface area contributed by atoms with Gasteiger partial charge in [-0.15, -0.1) is 0 Å². The predicted octanol–water partition coefficient (Wildman–Crippen LogP) is 4.62. The first-order valence-electron chi connectivity index (χ1n) is 10.3. The second-order valence-corrected chi connectivity index (χ2v) is 9.08. The van der Waals surface area contributed by atoms with Crippen molar-refractivity contribution in [1.29, 1.82) is 0 Å². The van der Waals surface area contributed by atoms with Gasteiger partial charge in [0.1, 0.15) is 47.4 Å². The summed E-state index contributed by atoms with van der Waals surface area (Å²) in [7, 11) is 0. The number of halogens is 3. The zero-order chi connectivity index (χ0) is 22.5. The van der Waals surface area contributed by atoms with Crippen molar-refractivity contribution < 1.29 is 23.3 Å². The van der Waals surface area contributed by atoms with Crippen LogP contribution in [0.4, 0.5) is 4.39 Å². The Morgan fingerprint density at radius 1 is 1.09 bits per heavy atom. The molecule has 3 aliphatic heterocycles. The molecule has 2 fully saturated rings. The molecule has 1 N–H and O–H groups in total. The normalized spacial score (nSPS) is 28.2. The van der Waals surface area contributed by atoms with Crippen molar-refractivity contribution in [2.75, 3.05) is 13.2 Å². The number of ether oxygens (including phenoxy) is 4. The molecule has 2 saturated heterocycles. The Morgan fingerprint density at radius 2 is 1.94 bits per heavy atom. The van der Waals surface area contributed by atoms with Gasteiger partial charge >= 0.3 is 0 Å². The maximum atomic E-state index is 14.3. The molecule has 3 aliphatic rings. The largest absolute Gasteiger partial charge is 0.370 e. The van der Waals surface area contributed by atoms with Crippen LogP contribution in [0.15, 0.2) is 30.7 Å². The summed E-state index contributed by atoms with van der Waals surface area (Å²) in [6.07, 6.45) is 2.76. The van der Waals surface area contributed by atoms with Crippen molar-refractivity contribution in [3.05, 3.63) is 57.8 Å². The van der Waals surface area contributed by atoms with E-state index in [9.17, 15) is 4.39 Å². The molecule has 5 heterocycles. The van der Waals surface area contributed by atoms with Crippen molar-refractivity contribution in [1.82, 2.24) is 15.0 Å².